The normalized spacial score (nSPS) is 16.6. The zero-order chi connectivity index (χ0) is 17.4. The molecule has 0 aromatic heterocycles. The molecule has 4 nitrogen and oxygen atoms in total. The number of fused-ring (bicyclic) bond motifs is 3. The Labute approximate surface area is 147 Å². The molecule has 128 valence electrons. The van der Waals surface area contributed by atoms with Crippen LogP contribution in [0.25, 0.3) is 10.8 Å². The maximum absolute atomic E-state index is 12.3. The van der Waals surface area contributed by atoms with E-state index in [2.05, 4.69) is 6.07 Å². The van der Waals surface area contributed by atoms with Crippen LogP contribution in [-0.4, -0.2) is 21.1 Å². The Morgan fingerprint density at radius 1 is 1.04 bits per heavy atom. The third kappa shape index (κ3) is 3.13. The van der Waals surface area contributed by atoms with Gasteiger partial charge in [-0.2, -0.15) is 8.42 Å². The number of hydrogen-bond acceptors (Lipinski definition) is 4. The van der Waals surface area contributed by atoms with Crippen molar-refractivity contribution in [3.05, 3.63) is 71.8 Å². The molecule has 0 fully saturated rings. The lowest BCUT2D eigenvalue weighted by atomic mass is 10.0. The number of ether oxygens (including phenoxy) is 1. The summed E-state index contributed by atoms with van der Waals surface area (Å²) in [4.78, 5) is 0.166. The van der Waals surface area contributed by atoms with Crippen molar-refractivity contribution < 1.29 is 17.3 Å². The molecule has 0 amide bonds. The van der Waals surface area contributed by atoms with E-state index in [9.17, 15) is 8.42 Å². The zero-order valence-electron chi connectivity index (χ0n) is 13.8. The van der Waals surface area contributed by atoms with E-state index in [1.807, 2.05) is 37.3 Å². The molecule has 0 saturated carbocycles. The van der Waals surface area contributed by atoms with Gasteiger partial charge in [-0.3, -0.25) is 4.18 Å². The minimum Gasteiger partial charge on any atom is -0.487 e. The third-order valence-electron chi connectivity index (χ3n) is 4.41. The van der Waals surface area contributed by atoms with Gasteiger partial charge >= 0.3 is 0 Å². The lowest BCUT2D eigenvalue weighted by Gasteiger charge is -2.12. The first-order valence-corrected chi connectivity index (χ1v) is 9.57. The first kappa shape index (κ1) is 16.1. The Hall–Kier alpha value is -2.37. The fourth-order valence-corrected chi connectivity index (χ4v) is 4.01. The molecule has 1 atom stereocenters. The molecule has 0 saturated heterocycles. The highest BCUT2D eigenvalue weighted by atomic mass is 32.2. The van der Waals surface area contributed by atoms with Crippen LogP contribution in [0, 0.1) is 6.92 Å². The molecule has 1 heterocycles. The smallest absolute Gasteiger partial charge is 0.297 e. The number of aryl methyl sites for hydroxylation is 1. The molecule has 0 N–H and O–H groups in total. The summed E-state index contributed by atoms with van der Waals surface area (Å²) < 4.78 is 35.8. The van der Waals surface area contributed by atoms with E-state index >= 15 is 0 Å². The maximum Gasteiger partial charge on any atom is 0.297 e. The Morgan fingerprint density at radius 2 is 1.80 bits per heavy atom. The average molecular weight is 354 g/mol. The largest absolute Gasteiger partial charge is 0.487 e. The molecule has 1 aliphatic rings. The quantitative estimate of drug-likeness (QED) is 0.668. The second kappa shape index (κ2) is 6.17. The Kier molecular flexibility index (Phi) is 3.98. The summed E-state index contributed by atoms with van der Waals surface area (Å²) in [6.45, 7) is 1.91. The maximum atomic E-state index is 12.3. The molecule has 0 bridgehead atoms. The van der Waals surface area contributed by atoms with Gasteiger partial charge in [0.15, 0.2) is 0 Å². The summed E-state index contributed by atoms with van der Waals surface area (Å²) in [7, 11) is -3.77. The van der Waals surface area contributed by atoms with Gasteiger partial charge in [0.25, 0.3) is 10.1 Å². The molecule has 0 aliphatic carbocycles. The molecule has 3 aromatic rings. The van der Waals surface area contributed by atoms with Crippen molar-refractivity contribution in [2.24, 2.45) is 0 Å². The van der Waals surface area contributed by atoms with Gasteiger partial charge in [0.05, 0.1) is 4.90 Å². The summed E-state index contributed by atoms with van der Waals surface area (Å²) in [6.07, 6.45) is 0.338. The average Bonchev–Trinajstić information content (AvgIpc) is 3.04. The highest BCUT2D eigenvalue weighted by Crippen LogP contribution is 2.36. The standard InChI is InChI=1S/C20H18O4S/c1-14-6-10-18(11-7-14)25(21,22)23-13-17-12-16-9-8-15-4-2-3-5-19(15)20(16)24-17/h2-11,17H,12-13H2,1H3. The van der Waals surface area contributed by atoms with Crippen molar-refractivity contribution >= 4 is 20.9 Å². The molecule has 25 heavy (non-hydrogen) atoms. The van der Waals surface area contributed by atoms with Gasteiger partial charge < -0.3 is 4.74 Å². The second-order valence-corrected chi connectivity index (χ2v) is 7.89. The van der Waals surface area contributed by atoms with Gasteiger partial charge in [-0.1, -0.05) is 54.1 Å². The van der Waals surface area contributed by atoms with E-state index in [0.29, 0.717) is 6.42 Å². The van der Waals surface area contributed by atoms with Gasteiger partial charge in [0.1, 0.15) is 18.5 Å². The highest BCUT2D eigenvalue weighted by Gasteiger charge is 2.27. The van der Waals surface area contributed by atoms with Crippen LogP contribution < -0.4 is 4.74 Å². The van der Waals surface area contributed by atoms with Gasteiger partial charge in [0.2, 0.25) is 0 Å². The van der Waals surface area contributed by atoms with Crippen LogP contribution in [0.1, 0.15) is 11.1 Å². The molecule has 1 aliphatic heterocycles. The predicted octanol–water partition coefficient (Wildman–Crippen LogP) is 3.86. The molecule has 0 radical (unpaired) electrons. The van der Waals surface area contributed by atoms with Gasteiger partial charge in [-0.15, -0.1) is 0 Å². The van der Waals surface area contributed by atoms with Crippen molar-refractivity contribution in [1.29, 1.82) is 0 Å². The van der Waals surface area contributed by atoms with Gasteiger partial charge in [-0.25, -0.2) is 0 Å². The van der Waals surface area contributed by atoms with Crippen LogP contribution >= 0.6 is 0 Å². The first-order valence-electron chi connectivity index (χ1n) is 8.16. The zero-order valence-corrected chi connectivity index (χ0v) is 14.6. The van der Waals surface area contributed by atoms with E-state index in [4.69, 9.17) is 8.92 Å². The molecular formula is C20H18O4S. The summed E-state index contributed by atoms with van der Waals surface area (Å²) >= 11 is 0. The van der Waals surface area contributed by atoms with Crippen LogP contribution in [-0.2, 0) is 20.7 Å². The summed E-state index contributed by atoms with van der Waals surface area (Å²) in [5, 5.41) is 2.15. The lowest BCUT2D eigenvalue weighted by molar-refractivity contribution is 0.153. The molecule has 5 heteroatoms. The molecule has 1 unspecified atom stereocenters. The van der Waals surface area contributed by atoms with E-state index in [-0.39, 0.29) is 17.6 Å². The minimum absolute atomic E-state index is 0.000777. The van der Waals surface area contributed by atoms with Crippen molar-refractivity contribution in [1.82, 2.24) is 0 Å². The predicted molar refractivity (Wildman–Crippen MR) is 96.4 cm³/mol. The fourth-order valence-electron chi connectivity index (χ4n) is 3.07. The van der Waals surface area contributed by atoms with E-state index in [0.717, 1.165) is 27.6 Å². The summed E-state index contributed by atoms with van der Waals surface area (Å²) in [6, 6.07) is 18.7. The van der Waals surface area contributed by atoms with Crippen molar-refractivity contribution in [2.45, 2.75) is 24.3 Å². The number of benzene rings is 3. The van der Waals surface area contributed by atoms with Gasteiger partial charge in [0, 0.05) is 11.8 Å². The molecule has 0 spiro atoms. The summed E-state index contributed by atoms with van der Waals surface area (Å²) in [5.41, 5.74) is 2.08. The van der Waals surface area contributed by atoms with Crippen molar-refractivity contribution in [3.8, 4) is 5.75 Å². The monoisotopic (exact) mass is 354 g/mol. The summed E-state index contributed by atoms with van der Waals surface area (Å²) in [5.74, 6) is 0.833. The molecule has 4 rings (SSSR count). The Morgan fingerprint density at radius 3 is 2.60 bits per heavy atom. The first-order chi connectivity index (χ1) is 12.0. The Balaban J connectivity index is 1.49. The third-order valence-corrected chi connectivity index (χ3v) is 5.71. The SMILES string of the molecule is Cc1ccc(S(=O)(=O)OCC2Cc3ccc4ccccc4c3O2)cc1. The van der Waals surface area contributed by atoms with Crippen LogP contribution in [0.15, 0.2) is 65.6 Å². The lowest BCUT2D eigenvalue weighted by Crippen LogP contribution is -2.23. The number of hydrogen-bond donors (Lipinski definition) is 0. The van der Waals surface area contributed by atoms with Crippen molar-refractivity contribution in [3.63, 3.8) is 0 Å². The molecular weight excluding hydrogens is 336 g/mol. The number of rotatable bonds is 4. The van der Waals surface area contributed by atoms with E-state index < -0.39 is 10.1 Å². The van der Waals surface area contributed by atoms with E-state index in [1.165, 1.54) is 0 Å². The topological polar surface area (TPSA) is 52.6 Å². The van der Waals surface area contributed by atoms with Crippen LogP contribution in [0.5, 0.6) is 5.75 Å². The minimum atomic E-state index is -3.77. The van der Waals surface area contributed by atoms with Gasteiger partial charge in [-0.05, 0) is 30.0 Å². The second-order valence-electron chi connectivity index (χ2n) is 6.27. The van der Waals surface area contributed by atoms with Crippen LogP contribution in [0.4, 0.5) is 0 Å². The van der Waals surface area contributed by atoms with E-state index in [1.54, 1.807) is 24.3 Å². The van der Waals surface area contributed by atoms with Crippen LogP contribution in [0.3, 0.4) is 0 Å². The van der Waals surface area contributed by atoms with Crippen molar-refractivity contribution in [2.75, 3.05) is 6.61 Å². The molecule has 3 aromatic carbocycles. The fraction of sp³-hybridized carbons (Fsp3) is 0.200. The Bertz CT molecular complexity index is 1020. The highest BCUT2D eigenvalue weighted by molar-refractivity contribution is 7.86. The van der Waals surface area contributed by atoms with Crippen LogP contribution in [0.2, 0.25) is 0 Å².